The first-order valence-electron chi connectivity index (χ1n) is 8.80. The van der Waals surface area contributed by atoms with E-state index in [0.717, 1.165) is 17.1 Å². The van der Waals surface area contributed by atoms with Gasteiger partial charge in [-0.05, 0) is 29.1 Å². The van der Waals surface area contributed by atoms with Gasteiger partial charge in [0.1, 0.15) is 17.6 Å². The lowest BCUT2D eigenvalue weighted by Crippen LogP contribution is -2.34. The highest BCUT2D eigenvalue weighted by molar-refractivity contribution is 7.12. The number of aryl methyl sites for hydroxylation is 1. The number of rotatable bonds is 8. The van der Waals surface area contributed by atoms with E-state index in [2.05, 4.69) is 15.6 Å². The van der Waals surface area contributed by atoms with Gasteiger partial charge in [-0.15, -0.1) is 11.3 Å². The standard InChI is InChI=1S/C20H22N4O3S/c1-24-12-11-21-19(24)18(14-5-7-15(27-2)8-6-14)23-17(25)9-10-22-20(26)16-4-3-13-28-16/h3-8,11-13,18H,9-10H2,1-2H3,(H,22,26)(H,23,25). The van der Waals surface area contributed by atoms with Crippen molar-refractivity contribution in [2.24, 2.45) is 7.05 Å². The highest BCUT2D eigenvalue weighted by Gasteiger charge is 2.21. The predicted molar refractivity (Wildman–Crippen MR) is 107 cm³/mol. The summed E-state index contributed by atoms with van der Waals surface area (Å²) in [5.41, 5.74) is 0.895. The van der Waals surface area contributed by atoms with Gasteiger partial charge < -0.3 is 19.9 Å². The number of hydrogen-bond acceptors (Lipinski definition) is 5. The van der Waals surface area contributed by atoms with Gasteiger partial charge in [-0.25, -0.2) is 4.98 Å². The van der Waals surface area contributed by atoms with Gasteiger partial charge in [-0.3, -0.25) is 9.59 Å². The molecule has 7 nitrogen and oxygen atoms in total. The first-order valence-corrected chi connectivity index (χ1v) is 9.68. The van der Waals surface area contributed by atoms with Crippen LogP contribution in [0.5, 0.6) is 5.75 Å². The molecule has 28 heavy (non-hydrogen) atoms. The predicted octanol–water partition coefficient (Wildman–Crippen LogP) is 2.52. The van der Waals surface area contributed by atoms with Crippen molar-refractivity contribution < 1.29 is 14.3 Å². The van der Waals surface area contributed by atoms with E-state index in [4.69, 9.17) is 4.74 Å². The normalized spacial score (nSPS) is 11.6. The fourth-order valence-corrected chi connectivity index (χ4v) is 3.41. The van der Waals surface area contributed by atoms with Gasteiger partial charge in [0.15, 0.2) is 0 Å². The van der Waals surface area contributed by atoms with E-state index in [1.165, 1.54) is 11.3 Å². The molecule has 0 saturated heterocycles. The van der Waals surface area contributed by atoms with Gasteiger partial charge in [0.2, 0.25) is 5.91 Å². The number of carbonyl (C=O) groups excluding carboxylic acids is 2. The summed E-state index contributed by atoms with van der Waals surface area (Å²) in [5, 5.41) is 7.62. The molecule has 3 aromatic rings. The van der Waals surface area contributed by atoms with E-state index in [0.29, 0.717) is 4.88 Å². The van der Waals surface area contributed by atoms with E-state index >= 15 is 0 Å². The third-order valence-corrected chi connectivity index (χ3v) is 5.12. The van der Waals surface area contributed by atoms with Gasteiger partial charge in [-0.2, -0.15) is 0 Å². The Morgan fingerprint density at radius 2 is 2.04 bits per heavy atom. The van der Waals surface area contributed by atoms with Crippen molar-refractivity contribution in [3.05, 3.63) is 70.4 Å². The fraction of sp³-hybridized carbons (Fsp3) is 0.250. The van der Waals surface area contributed by atoms with Gasteiger partial charge in [-0.1, -0.05) is 18.2 Å². The first kappa shape index (κ1) is 19.6. The molecule has 3 rings (SSSR count). The van der Waals surface area contributed by atoms with Gasteiger partial charge in [0.05, 0.1) is 12.0 Å². The van der Waals surface area contributed by atoms with Gasteiger partial charge in [0.25, 0.3) is 5.91 Å². The maximum Gasteiger partial charge on any atom is 0.261 e. The third kappa shape index (κ3) is 4.77. The number of methoxy groups -OCH3 is 1. The van der Waals surface area contributed by atoms with Crippen LogP contribution in [0.4, 0.5) is 0 Å². The average molecular weight is 398 g/mol. The van der Waals surface area contributed by atoms with Crippen molar-refractivity contribution in [2.45, 2.75) is 12.5 Å². The lowest BCUT2D eigenvalue weighted by Gasteiger charge is -2.19. The van der Waals surface area contributed by atoms with Crippen molar-refractivity contribution in [3.63, 3.8) is 0 Å². The van der Waals surface area contributed by atoms with E-state index in [-0.39, 0.29) is 24.8 Å². The van der Waals surface area contributed by atoms with Crippen LogP contribution in [0.1, 0.15) is 33.5 Å². The Morgan fingerprint density at radius 1 is 1.25 bits per heavy atom. The number of ether oxygens (including phenoxy) is 1. The molecule has 2 N–H and O–H groups in total. The van der Waals surface area contributed by atoms with E-state index in [1.807, 2.05) is 53.5 Å². The summed E-state index contributed by atoms with van der Waals surface area (Å²) >= 11 is 1.37. The molecule has 0 spiro atoms. The first-order chi connectivity index (χ1) is 13.6. The Morgan fingerprint density at radius 3 is 2.64 bits per heavy atom. The van der Waals surface area contributed by atoms with Crippen molar-refractivity contribution in [1.82, 2.24) is 20.2 Å². The lowest BCUT2D eigenvalue weighted by atomic mass is 10.1. The number of thiophene rings is 1. The summed E-state index contributed by atoms with van der Waals surface area (Å²) in [6.45, 7) is 0.262. The number of carbonyl (C=O) groups is 2. The fourth-order valence-electron chi connectivity index (χ4n) is 2.77. The summed E-state index contributed by atoms with van der Waals surface area (Å²) in [6, 6.07) is 10.7. The molecule has 0 aliphatic heterocycles. The maximum atomic E-state index is 12.5. The third-order valence-electron chi connectivity index (χ3n) is 4.25. The summed E-state index contributed by atoms with van der Waals surface area (Å²) in [7, 11) is 3.49. The van der Waals surface area contributed by atoms with Crippen molar-refractivity contribution in [2.75, 3.05) is 13.7 Å². The van der Waals surface area contributed by atoms with Crippen LogP contribution in [0, 0.1) is 0 Å². The van der Waals surface area contributed by atoms with Crippen LogP contribution in [0.15, 0.2) is 54.2 Å². The molecule has 146 valence electrons. The molecule has 2 aromatic heterocycles. The van der Waals surface area contributed by atoms with E-state index in [1.54, 1.807) is 19.4 Å². The Hall–Kier alpha value is -3.13. The van der Waals surface area contributed by atoms with Crippen molar-refractivity contribution in [3.8, 4) is 5.75 Å². The largest absolute Gasteiger partial charge is 0.497 e. The Bertz CT molecular complexity index is 919. The average Bonchev–Trinajstić information content (AvgIpc) is 3.38. The molecule has 0 aliphatic carbocycles. The number of nitrogens with one attached hydrogen (secondary N) is 2. The summed E-state index contributed by atoms with van der Waals surface area (Å²) < 4.78 is 7.07. The van der Waals surface area contributed by atoms with Crippen LogP contribution < -0.4 is 15.4 Å². The highest BCUT2D eigenvalue weighted by Crippen LogP contribution is 2.23. The molecule has 2 amide bonds. The topological polar surface area (TPSA) is 85.2 Å². The van der Waals surface area contributed by atoms with Crippen LogP contribution in [0.2, 0.25) is 0 Å². The van der Waals surface area contributed by atoms with Crippen molar-refractivity contribution in [1.29, 1.82) is 0 Å². The molecule has 0 fully saturated rings. The Kier molecular flexibility index (Phi) is 6.44. The number of imidazole rings is 1. The second-order valence-corrected chi connectivity index (χ2v) is 7.10. The van der Waals surface area contributed by atoms with Crippen LogP contribution >= 0.6 is 11.3 Å². The zero-order valence-corrected chi connectivity index (χ0v) is 16.5. The molecule has 0 bridgehead atoms. The minimum absolute atomic E-state index is 0.168. The number of benzene rings is 1. The Balaban J connectivity index is 1.64. The summed E-state index contributed by atoms with van der Waals surface area (Å²) in [4.78, 5) is 29.5. The monoisotopic (exact) mass is 398 g/mol. The smallest absolute Gasteiger partial charge is 0.261 e. The molecule has 8 heteroatoms. The quantitative estimate of drug-likeness (QED) is 0.611. The zero-order valence-electron chi connectivity index (χ0n) is 15.7. The van der Waals surface area contributed by atoms with Crippen LogP contribution in [0.3, 0.4) is 0 Å². The van der Waals surface area contributed by atoms with Gasteiger partial charge >= 0.3 is 0 Å². The number of amides is 2. The molecule has 2 heterocycles. The molecule has 0 radical (unpaired) electrons. The number of nitrogens with zero attached hydrogens (tertiary/aromatic N) is 2. The molecular weight excluding hydrogens is 376 g/mol. The van der Waals surface area contributed by atoms with E-state index < -0.39 is 6.04 Å². The molecule has 1 atom stereocenters. The second kappa shape index (κ2) is 9.18. The summed E-state index contributed by atoms with van der Waals surface area (Å²) in [6.07, 6.45) is 3.70. The van der Waals surface area contributed by atoms with E-state index in [9.17, 15) is 9.59 Å². The number of aromatic nitrogens is 2. The number of hydrogen-bond donors (Lipinski definition) is 2. The van der Waals surface area contributed by atoms with Crippen molar-refractivity contribution >= 4 is 23.2 Å². The molecule has 1 aromatic carbocycles. The molecule has 0 aliphatic rings. The summed E-state index contributed by atoms with van der Waals surface area (Å²) in [5.74, 6) is 1.12. The van der Waals surface area contributed by atoms with Crippen LogP contribution in [0.25, 0.3) is 0 Å². The van der Waals surface area contributed by atoms with Crippen LogP contribution in [-0.2, 0) is 11.8 Å². The minimum atomic E-state index is -0.397. The maximum absolute atomic E-state index is 12.5. The van der Waals surface area contributed by atoms with Gasteiger partial charge in [0, 0.05) is 32.4 Å². The zero-order chi connectivity index (χ0) is 19.9. The van der Waals surface area contributed by atoms with Crippen LogP contribution in [-0.4, -0.2) is 35.0 Å². The SMILES string of the molecule is COc1ccc(C(NC(=O)CCNC(=O)c2cccs2)c2nccn2C)cc1. The Labute approximate surface area is 167 Å². The molecule has 0 saturated carbocycles. The second-order valence-electron chi connectivity index (χ2n) is 6.15. The lowest BCUT2D eigenvalue weighted by molar-refractivity contribution is -0.121. The molecular formula is C20H22N4O3S. The minimum Gasteiger partial charge on any atom is -0.497 e. The molecule has 1 unspecified atom stereocenters. The highest BCUT2D eigenvalue weighted by atomic mass is 32.1.